The second-order valence-electron chi connectivity index (χ2n) is 4.93. The average Bonchev–Trinajstić information content (AvgIpc) is 2.56. The molecule has 0 radical (unpaired) electrons. The lowest BCUT2D eigenvalue weighted by Crippen LogP contribution is -2.29. The lowest BCUT2D eigenvalue weighted by molar-refractivity contribution is -0.148. The highest BCUT2D eigenvalue weighted by molar-refractivity contribution is 9.10. The molecule has 2 aromatic rings. The van der Waals surface area contributed by atoms with Gasteiger partial charge >= 0.3 is 5.97 Å². The minimum atomic E-state index is -0.977. The summed E-state index contributed by atoms with van der Waals surface area (Å²) >= 11 is 3.22. The first-order valence-corrected chi connectivity index (χ1v) is 7.94. The summed E-state index contributed by atoms with van der Waals surface area (Å²) in [6.07, 6.45) is 1.40. The van der Waals surface area contributed by atoms with E-state index in [1.54, 1.807) is 30.3 Å². The number of benzene rings is 2. The third kappa shape index (κ3) is 5.31. The van der Waals surface area contributed by atoms with E-state index in [-0.39, 0.29) is 5.56 Å². The Balaban J connectivity index is 1.92. The summed E-state index contributed by atoms with van der Waals surface area (Å²) in [6, 6.07) is 13.2. The number of amides is 1. The van der Waals surface area contributed by atoms with Crippen LogP contribution >= 0.6 is 15.9 Å². The van der Waals surface area contributed by atoms with Crippen molar-refractivity contribution >= 4 is 39.6 Å². The number of esters is 1. The van der Waals surface area contributed by atoms with E-state index in [1.807, 2.05) is 6.07 Å². The van der Waals surface area contributed by atoms with Crippen molar-refractivity contribution in [2.75, 3.05) is 5.32 Å². The van der Waals surface area contributed by atoms with E-state index in [0.29, 0.717) is 10.2 Å². The molecule has 0 saturated carbocycles. The molecule has 1 amide bonds. The van der Waals surface area contributed by atoms with Crippen LogP contribution in [0.4, 0.5) is 10.1 Å². The van der Waals surface area contributed by atoms with Crippen molar-refractivity contribution in [2.45, 2.75) is 13.0 Å². The molecule has 24 heavy (non-hydrogen) atoms. The standard InChI is InChI=1S/C18H15BrFNO3/c1-12(18(23)21-15-5-3-2-4-6-15)24-17(22)10-7-13-11-14(19)8-9-16(13)20/h2-12H,1H3,(H,21,23)/b10-7+/t12-/m1/s1. The number of carbonyl (C=O) groups is 2. The number of halogens is 2. The predicted molar refractivity (Wildman–Crippen MR) is 93.8 cm³/mol. The molecule has 0 aliphatic heterocycles. The molecule has 0 aliphatic carbocycles. The van der Waals surface area contributed by atoms with Crippen LogP contribution in [0.3, 0.4) is 0 Å². The van der Waals surface area contributed by atoms with Gasteiger partial charge in [-0.25, -0.2) is 9.18 Å². The fourth-order valence-corrected chi connectivity index (χ4v) is 2.21. The fraction of sp³-hybridized carbons (Fsp3) is 0.111. The predicted octanol–water partition coefficient (Wildman–Crippen LogP) is 4.17. The van der Waals surface area contributed by atoms with Crippen LogP contribution in [0.2, 0.25) is 0 Å². The topological polar surface area (TPSA) is 55.4 Å². The molecule has 0 aromatic heterocycles. The van der Waals surface area contributed by atoms with Gasteiger partial charge in [-0.05, 0) is 43.3 Å². The first-order valence-electron chi connectivity index (χ1n) is 7.15. The summed E-state index contributed by atoms with van der Waals surface area (Å²) in [5, 5.41) is 2.63. The third-order valence-corrected chi connectivity index (χ3v) is 3.55. The lowest BCUT2D eigenvalue weighted by Gasteiger charge is -2.12. The van der Waals surface area contributed by atoms with Gasteiger partial charge in [0.15, 0.2) is 6.10 Å². The van der Waals surface area contributed by atoms with Gasteiger partial charge in [0.2, 0.25) is 0 Å². The minimum Gasteiger partial charge on any atom is -0.449 e. The summed E-state index contributed by atoms with van der Waals surface area (Å²) in [4.78, 5) is 23.7. The van der Waals surface area contributed by atoms with Crippen LogP contribution in [0.5, 0.6) is 0 Å². The van der Waals surface area contributed by atoms with Crippen molar-refractivity contribution in [2.24, 2.45) is 0 Å². The average molecular weight is 392 g/mol. The molecule has 1 N–H and O–H groups in total. The molecule has 0 aliphatic rings. The third-order valence-electron chi connectivity index (χ3n) is 3.06. The Hall–Kier alpha value is -2.47. The van der Waals surface area contributed by atoms with E-state index in [9.17, 15) is 14.0 Å². The van der Waals surface area contributed by atoms with Crippen LogP contribution in [0.1, 0.15) is 12.5 Å². The van der Waals surface area contributed by atoms with Crippen molar-refractivity contribution in [3.63, 3.8) is 0 Å². The molecule has 124 valence electrons. The Morgan fingerprint density at radius 3 is 2.62 bits per heavy atom. The van der Waals surface area contributed by atoms with Gasteiger partial charge in [-0.3, -0.25) is 4.79 Å². The quantitative estimate of drug-likeness (QED) is 0.614. The van der Waals surface area contributed by atoms with Crippen molar-refractivity contribution < 1.29 is 18.7 Å². The highest BCUT2D eigenvalue weighted by atomic mass is 79.9. The van der Waals surface area contributed by atoms with E-state index >= 15 is 0 Å². The van der Waals surface area contributed by atoms with Gasteiger partial charge in [0.25, 0.3) is 5.91 Å². The van der Waals surface area contributed by atoms with Gasteiger partial charge in [-0.2, -0.15) is 0 Å². The molecular formula is C18H15BrFNO3. The first kappa shape index (κ1) is 17.9. The van der Waals surface area contributed by atoms with Crippen molar-refractivity contribution in [3.05, 3.63) is 70.5 Å². The number of hydrogen-bond donors (Lipinski definition) is 1. The molecule has 0 saturated heterocycles. The fourth-order valence-electron chi connectivity index (χ4n) is 1.83. The Kier molecular flexibility index (Phi) is 6.26. The summed E-state index contributed by atoms with van der Waals surface area (Å²) in [5.41, 5.74) is 0.847. The van der Waals surface area contributed by atoms with E-state index in [0.717, 1.165) is 6.08 Å². The second-order valence-corrected chi connectivity index (χ2v) is 5.85. The van der Waals surface area contributed by atoms with Crippen LogP contribution in [-0.2, 0) is 14.3 Å². The van der Waals surface area contributed by atoms with E-state index in [4.69, 9.17) is 4.74 Å². The number of nitrogens with one attached hydrogen (secondary N) is 1. The zero-order valence-corrected chi connectivity index (χ0v) is 14.4. The lowest BCUT2D eigenvalue weighted by atomic mass is 10.2. The Labute approximate surface area is 147 Å². The number of rotatable bonds is 5. The number of ether oxygens (including phenoxy) is 1. The first-order chi connectivity index (χ1) is 11.5. The van der Waals surface area contributed by atoms with Crippen LogP contribution < -0.4 is 5.32 Å². The normalized spacial score (nSPS) is 12.0. The highest BCUT2D eigenvalue weighted by Gasteiger charge is 2.16. The van der Waals surface area contributed by atoms with E-state index in [2.05, 4.69) is 21.2 Å². The molecule has 2 aromatic carbocycles. The van der Waals surface area contributed by atoms with Gasteiger partial charge in [0.1, 0.15) is 5.82 Å². The Bertz CT molecular complexity index is 762. The van der Waals surface area contributed by atoms with Gasteiger partial charge in [-0.1, -0.05) is 34.1 Å². The molecule has 6 heteroatoms. The zero-order chi connectivity index (χ0) is 17.5. The SMILES string of the molecule is C[C@@H](OC(=O)/C=C/c1cc(Br)ccc1F)C(=O)Nc1ccccc1. The molecule has 0 spiro atoms. The highest BCUT2D eigenvalue weighted by Crippen LogP contribution is 2.16. The van der Waals surface area contributed by atoms with Crippen LogP contribution in [0, 0.1) is 5.82 Å². The monoisotopic (exact) mass is 391 g/mol. The second kappa shape index (κ2) is 8.40. The maximum atomic E-state index is 13.6. The Morgan fingerprint density at radius 2 is 1.92 bits per heavy atom. The smallest absolute Gasteiger partial charge is 0.331 e. The number of para-hydroxylation sites is 1. The van der Waals surface area contributed by atoms with Gasteiger partial charge in [-0.15, -0.1) is 0 Å². The van der Waals surface area contributed by atoms with Crippen molar-refractivity contribution in [1.29, 1.82) is 0 Å². The summed E-state index contributed by atoms with van der Waals surface area (Å²) < 4.78 is 19.3. The number of hydrogen-bond acceptors (Lipinski definition) is 3. The molecule has 0 bridgehead atoms. The van der Waals surface area contributed by atoms with E-state index < -0.39 is 23.8 Å². The van der Waals surface area contributed by atoms with Crippen LogP contribution in [-0.4, -0.2) is 18.0 Å². The van der Waals surface area contributed by atoms with Gasteiger partial charge in [0.05, 0.1) is 0 Å². The minimum absolute atomic E-state index is 0.239. The van der Waals surface area contributed by atoms with E-state index in [1.165, 1.54) is 25.1 Å². The summed E-state index contributed by atoms with van der Waals surface area (Å²) in [6.45, 7) is 1.46. The maximum absolute atomic E-state index is 13.6. The molecule has 1 atom stereocenters. The summed E-state index contributed by atoms with van der Waals surface area (Å²) in [5.74, 6) is -1.64. The zero-order valence-electron chi connectivity index (χ0n) is 12.8. The molecular weight excluding hydrogens is 377 g/mol. The van der Waals surface area contributed by atoms with Gasteiger partial charge < -0.3 is 10.1 Å². The number of anilines is 1. The Morgan fingerprint density at radius 1 is 1.21 bits per heavy atom. The summed E-state index contributed by atoms with van der Waals surface area (Å²) in [7, 11) is 0. The molecule has 0 fully saturated rings. The number of carbonyl (C=O) groups excluding carboxylic acids is 2. The largest absolute Gasteiger partial charge is 0.449 e. The van der Waals surface area contributed by atoms with Crippen LogP contribution in [0.25, 0.3) is 6.08 Å². The maximum Gasteiger partial charge on any atom is 0.331 e. The van der Waals surface area contributed by atoms with Crippen molar-refractivity contribution in [3.8, 4) is 0 Å². The molecule has 0 unspecified atom stereocenters. The molecule has 0 heterocycles. The van der Waals surface area contributed by atoms with Gasteiger partial charge in [0, 0.05) is 21.8 Å². The molecule has 4 nitrogen and oxygen atoms in total. The molecule has 2 rings (SSSR count). The van der Waals surface area contributed by atoms with Crippen LogP contribution in [0.15, 0.2) is 59.1 Å². The van der Waals surface area contributed by atoms with Crippen molar-refractivity contribution in [1.82, 2.24) is 0 Å².